The number of esters is 1. The SMILES string of the molecule is CCOC(=O)CNCC(N)C(=O)O. The molecule has 0 radical (unpaired) electrons. The van der Waals surface area contributed by atoms with Crippen molar-refractivity contribution in [3.8, 4) is 0 Å². The van der Waals surface area contributed by atoms with Gasteiger partial charge in [-0.1, -0.05) is 0 Å². The predicted octanol–water partition coefficient (Wildman–Crippen LogP) is -1.45. The van der Waals surface area contributed by atoms with Crippen molar-refractivity contribution in [1.82, 2.24) is 5.32 Å². The Balaban J connectivity index is 3.44. The van der Waals surface area contributed by atoms with Gasteiger partial charge >= 0.3 is 11.9 Å². The standard InChI is InChI=1S/C7H14N2O4/c1-2-13-6(10)4-9-3-5(8)7(11)12/h5,9H,2-4,8H2,1H3,(H,11,12). The molecule has 13 heavy (non-hydrogen) atoms. The van der Waals surface area contributed by atoms with Crippen molar-refractivity contribution in [3.63, 3.8) is 0 Å². The number of aliphatic carboxylic acids is 1. The highest BCUT2D eigenvalue weighted by Gasteiger charge is 2.11. The number of carboxylic acid groups (broad SMARTS) is 1. The first kappa shape index (κ1) is 11.9. The van der Waals surface area contributed by atoms with E-state index in [0.29, 0.717) is 6.61 Å². The maximum absolute atomic E-state index is 10.7. The van der Waals surface area contributed by atoms with E-state index >= 15 is 0 Å². The zero-order valence-corrected chi connectivity index (χ0v) is 7.45. The molecule has 1 unspecified atom stereocenters. The van der Waals surface area contributed by atoms with Crippen LogP contribution in [0, 0.1) is 0 Å². The Hall–Kier alpha value is -1.14. The number of rotatable bonds is 6. The van der Waals surface area contributed by atoms with E-state index in [9.17, 15) is 9.59 Å². The van der Waals surface area contributed by atoms with Gasteiger partial charge in [0, 0.05) is 6.54 Å². The molecule has 6 heteroatoms. The Bertz CT molecular complexity index is 183. The maximum Gasteiger partial charge on any atom is 0.321 e. The molecule has 76 valence electrons. The monoisotopic (exact) mass is 190 g/mol. The van der Waals surface area contributed by atoms with Crippen molar-refractivity contribution in [2.24, 2.45) is 5.73 Å². The summed E-state index contributed by atoms with van der Waals surface area (Å²) in [7, 11) is 0. The van der Waals surface area contributed by atoms with E-state index in [1.807, 2.05) is 0 Å². The Morgan fingerprint density at radius 2 is 2.23 bits per heavy atom. The van der Waals surface area contributed by atoms with E-state index in [1.54, 1.807) is 6.92 Å². The average Bonchev–Trinajstić information content (AvgIpc) is 2.04. The lowest BCUT2D eigenvalue weighted by Crippen LogP contribution is -2.42. The van der Waals surface area contributed by atoms with Crippen LogP contribution in [0.4, 0.5) is 0 Å². The molecular weight excluding hydrogens is 176 g/mol. The van der Waals surface area contributed by atoms with E-state index in [-0.39, 0.29) is 13.1 Å². The molecular formula is C7H14N2O4. The van der Waals surface area contributed by atoms with Gasteiger partial charge in [-0.25, -0.2) is 0 Å². The number of carboxylic acids is 1. The summed E-state index contributed by atoms with van der Waals surface area (Å²) in [5, 5.41) is 10.9. The minimum absolute atomic E-state index is 0.0190. The summed E-state index contributed by atoms with van der Waals surface area (Å²) < 4.78 is 4.59. The van der Waals surface area contributed by atoms with Crippen LogP contribution in [0.1, 0.15) is 6.92 Å². The molecule has 0 aromatic carbocycles. The molecule has 0 fully saturated rings. The minimum atomic E-state index is -1.10. The molecule has 0 heterocycles. The van der Waals surface area contributed by atoms with Crippen LogP contribution in [-0.4, -0.2) is 42.8 Å². The zero-order chi connectivity index (χ0) is 10.3. The van der Waals surface area contributed by atoms with E-state index in [1.165, 1.54) is 0 Å². The number of nitrogens with two attached hydrogens (primary N) is 1. The first-order valence-corrected chi connectivity index (χ1v) is 3.92. The van der Waals surface area contributed by atoms with Gasteiger partial charge in [-0.2, -0.15) is 0 Å². The molecule has 0 spiro atoms. The van der Waals surface area contributed by atoms with Crippen LogP contribution in [0.25, 0.3) is 0 Å². The van der Waals surface area contributed by atoms with Crippen LogP contribution < -0.4 is 11.1 Å². The Kier molecular flexibility index (Phi) is 5.82. The fourth-order valence-electron chi connectivity index (χ4n) is 0.629. The van der Waals surface area contributed by atoms with E-state index in [2.05, 4.69) is 10.1 Å². The van der Waals surface area contributed by atoms with Crippen molar-refractivity contribution < 1.29 is 19.4 Å². The molecule has 0 aromatic rings. The van der Waals surface area contributed by atoms with Crippen molar-refractivity contribution in [1.29, 1.82) is 0 Å². The van der Waals surface area contributed by atoms with Gasteiger partial charge in [-0.05, 0) is 6.92 Å². The second kappa shape index (κ2) is 6.38. The lowest BCUT2D eigenvalue weighted by Gasteiger charge is -2.07. The fraction of sp³-hybridized carbons (Fsp3) is 0.714. The normalized spacial score (nSPS) is 12.2. The van der Waals surface area contributed by atoms with E-state index < -0.39 is 18.0 Å². The number of ether oxygens (including phenoxy) is 1. The van der Waals surface area contributed by atoms with Crippen molar-refractivity contribution >= 4 is 11.9 Å². The molecule has 0 aliphatic carbocycles. The molecule has 0 aliphatic heterocycles. The van der Waals surface area contributed by atoms with Crippen molar-refractivity contribution in [2.45, 2.75) is 13.0 Å². The largest absolute Gasteiger partial charge is 0.480 e. The van der Waals surface area contributed by atoms with Gasteiger partial charge in [0.1, 0.15) is 6.04 Å². The molecule has 0 amide bonds. The van der Waals surface area contributed by atoms with Crippen LogP contribution in [0.5, 0.6) is 0 Å². The third-order valence-electron chi connectivity index (χ3n) is 1.26. The summed E-state index contributed by atoms with van der Waals surface area (Å²) in [4.78, 5) is 20.9. The number of hydrogen-bond donors (Lipinski definition) is 3. The topological polar surface area (TPSA) is 102 Å². The molecule has 0 aromatic heterocycles. The van der Waals surface area contributed by atoms with Crippen molar-refractivity contribution in [2.75, 3.05) is 19.7 Å². The molecule has 6 nitrogen and oxygen atoms in total. The molecule has 0 saturated carbocycles. The van der Waals surface area contributed by atoms with Gasteiger partial charge in [-0.15, -0.1) is 0 Å². The summed E-state index contributed by atoms with van der Waals surface area (Å²) in [6.07, 6.45) is 0. The third kappa shape index (κ3) is 6.06. The molecule has 0 rings (SSSR count). The highest BCUT2D eigenvalue weighted by Crippen LogP contribution is 1.78. The molecule has 4 N–H and O–H groups in total. The lowest BCUT2D eigenvalue weighted by molar-refractivity contribution is -0.143. The van der Waals surface area contributed by atoms with Gasteiger partial charge in [-0.3, -0.25) is 9.59 Å². The van der Waals surface area contributed by atoms with Gasteiger partial charge in [0.05, 0.1) is 13.2 Å². The Morgan fingerprint density at radius 1 is 1.62 bits per heavy atom. The second-order valence-electron chi connectivity index (χ2n) is 2.38. The average molecular weight is 190 g/mol. The summed E-state index contributed by atoms with van der Waals surface area (Å²) in [5.41, 5.74) is 5.16. The summed E-state index contributed by atoms with van der Waals surface area (Å²) in [6.45, 7) is 2.04. The summed E-state index contributed by atoms with van der Waals surface area (Å²) in [6, 6.07) is -0.991. The number of hydrogen-bond acceptors (Lipinski definition) is 5. The van der Waals surface area contributed by atoms with Crippen LogP contribution in [0.3, 0.4) is 0 Å². The number of nitrogens with one attached hydrogen (secondary N) is 1. The molecule has 0 aliphatic rings. The predicted molar refractivity (Wildman–Crippen MR) is 45.1 cm³/mol. The van der Waals surface area contributed by atoms with Crippen LogP contribution in [-0.2, 0) is 14.3 Å². The molecule has 1 atom stereocenters. The molecule has 0 bridgehead atoms. The van der Waals surface area contributed by atoms with Crippen LogP contribution in [0.2, 0.25) is 0 Å². The first-order chi connectivity index (χ1) is 6.07. The molecule has 0 saturated heterocycles. The Morgan fingerprint density at radius 3 is 2.69 bits per heavy atom. The Labute approximate surface area is 76.0 Å². The van der Waals surface area contributed by atoms with Gasteiger partial charge < -0.3 is 20.9 Å². The number of carbonyl (C=O) groups excluding carboxylic acids is 1. The van der Waals surface area contributed by atoms with Crippen LogP contribution in [0.15, 0.2) is 0 Å². The van der Waals surface area contributed by atoms with E-state index in [4.69, 9.17) is 10.8 Å². The van der Waals surface area contributed by atoms with Gasteiger partial charge in [0.15, 0.2) is 0 Å². The number of carbonyl (C=O) groups is 2. The van der Waals surface area contributed by atoms with Crippen LogP contribution >= 0.6 is 0 Å². The fourth-order valence-corrected chi connectivity index (χ4v) is 0.629. The van der Waals surface area contributed by atoms with Gasteiger partial charge in [0.2, 0.25) is 0 Å². The lowest BCUT2D eigenvalue weighted by atomic mass is 10.3. The summed E-state index contributed by atoms with van der Waals surface area (Å²) >= 11 is 0. The third-order valence-corrected chi connectivity index (χ3v) is 1.26. The van der Waals surface area contributed by atoms with Gasteiger partial charge in [0.25, 0.3) is 0 Å². The second-order valence-corrected chi connectivity index (χ2v) is 2.38. The quantitative estimate of drug-likeness (QED) is 0.443. The summed E-state index contributed by atoms with van der Waals surface area (Å²) in [5.74, 6) is -1.52. The van der Waals surface area contributed by atoms with Crippen molar-refractivity contribution in [3.05, 3.63) is 0 Å². The smallest absolute Gasteiger partial charge is 0.321 e. The minimum Gasteiger partial charge on any atom is -0.480 e. The zero-order valence-electron chi connectivity index (χ0n) is 7.45. The maximum atomic E-state index is 10.7. The highest BCUT2D eigenvalue weighted by molar-refractivity contribution is 5.74. The first-order valence-electron chi connectivity index (χ1n) is 3.92. The van der Waals surface area contributed by atoms with E-state index in [0.717, 1.165) is 0 Å². The highest BCUT2D eigenvalue weighted by atomic mass is 16.5.